The number of hydrogen-bond donors (Lipinski definition) is 0. The van der Waals surface area contributed by atoms with Crippen molar-refractivity contribution in [1.82, 2.24) is 19.9 Å². The van der Waals surface area contributed by atoms with Crippen molar-refractivity contribution in [2.24, 2.45) is 5.92 Å². The van der Waals surface area contributed by atoms with Crippen LogP contribution in [0, 0.1) is 5.92 Å². The number of ether oxygens (including phenoxy) is 1. The number of nitrogens with zero attached hydrogens (tertiary/aromatic N) is 4. The Morgan fingerprint density at radius 2 is 1.88 bits per heavy atom. The highest BCUT2D eigenvalue weighted by Crippen LogP contribution is 2.36. The van der Waals surface area contributed by atoms with Gasteiger partial charge in [-0.2, -0.15) is 13.2 Å². The molecule has 6 nitrogen and oxygen atoms in total. The Bertz CT molecular complexity index is 1090. The average Bonchev–Trinajstić information content (AvgIpc) is 3.52. The molecule has 1 atom stereocenters. The zero-order valence-corrected chi connectivity index (χ0v) is 17.7. The quantitative estimate of drug-likeness (QED) is 0.528. The summed E-state index contributed by atoms with van der Waals surface area (Å²) in [6.07, 6.45) is -1.21. The first kappa shape index (κ1) is 21.9. The van der Waals surface area contributed by atoms with Gasteiger partial charge in [-0.15, -0.1) is 5.10 Å². The first-order valence-electron chi connectivity index (χ1n) is 10.3. The van der Waals surface area contributed by atoms with Crippen molar-refractivity contribution in [1.29, 1.82) is 0 Å². The molecule has 2 aromatic carbocycles. The molecular weight excluding hydrogens is 421 g/mol. The third kappa shape index (κ3) is 4.61. The van der Waals surface area contributed by atoms with Gasteiger partial charge in [-0.05, 0) is 55.5 Å². The minimum atomic E-state index is -4.55. The van der Waals surface area contributed by atoms with Crippen LogP contribution in [0.15, 0.2) is 54.7 Å². The fraction of sp³-hybridized carbons (Fsp3) is 0.348. The van der Waals surface area contributed by atoms with Crippen LogP contribution in [0.5, 0.6) is 5.75 Å². The van der Waals surface area contributed by atoms with Gasteiger partial charge in [0, 0.05) is 12.6 Å². The third-order valence-corrected chi connectivity index (χ3v) is 5.74. The molecule has 3 aromatic rings. The van der Waals surface area contributed by atoms with Gasteiger partial charge in [-0.1, -0.05) is 29.5 Å². The molecule has 1 saturated carbocycles. The molecule has 4 rings (SSSR count). The third-order valence-electron chi connectivity index (χ3n) is 5.74. The lowest BCUT2D eigenvalue weighted by atomic mass is 10.1. The van der Waals surface area contributed by atoms with Gasteiger partial charge < -0.3 is 9.64 Å². The lowest BCUT2D eigenvalue weighted by molar-refractivity contribution is -0.137. The van der Waals surface area contributed by atoms with Crippen molar-refractivity contribution in [2.45, 2.75) is 38.5 Å². The molecule has 1 aliphatic carbocycles. The monoisotopic (exact) mass is 444 g/mol. The summed E-state index contributed by atoms with van der Waals surface area (Å²) in [5.74, 6) is 0.752. The second kappa shape index (κ2) is 8.64. The topological polar surface area (TPSA) is 60.2 Å². The zero-order chi connectivity index (χ0) is 22.9. The van der Waals surface area contributed by atoms with Crippen molar-refractivity contribution < 1.29 is 22.7 Å². The Hall–Kier alpha value is -3.36. The van der Waals surface area contributed by atoms with Gasteiger partial charge in [0.2, 0.25) is 0 Å². The van der Waals surface area contributed by atoms with E-state index in [2.05, 4.69) is 10.3 Å². The van der Waals surface area contributed by atoms with Crippen molar-refractivity contribution in [3.8, 4) is 11.4 Å². The van der Waals surface area contributed by atoms with E-state index in [1.807, 2.05) is 31.2 Å². The lowest BCUT2D eigenvalue weighted by Gasteiger charge is -2.29. The Labute approximate surface area is 183 Å². The summed E-state index contributed by atoms with van der Waals surface area (Å²) in [5.41, 5.74) is -0.0988. The van der Waals surface area contributed by atoms with E-state index >= 15 is 0 Å². The summed E-state index contributed by atoms with van der Waals surface area (Å²) in [6.45, 7) is 2.34. The second-order valence-electron chi connectivity index (χ2n) is 7.92. The number of halogens is 3. The number of carbonyl (C=O) groups excluding carboxylic acids is 1. The van der Waals surface area contributed by atoms with E-state index in [-0.39, 0.29) is 23.3 Å². The van der Waals surface area contributed by atoms with Gasteiger partial charge >= 0.3 is 6.18 Å². The van der Waals surface area contributed by atoms with Gasteiger partial charge in [0.1, 0.15) is 5.75 Å². The minimum absolute atomic E-state index is 0.00277. The van der Waals surface area contributed by atoms with E-state index in [9.17, 15) is 18.0 Å². The predicted molar refractivity (Wildman–Crippen MR) is 111 cm³/mol. The number of amides is 1. The summed E-state index contributed by atoms with van der Waals surface area (Å²) in [6, 6.07) is 12.5. The molecule has 0 radical (unpaired) electrons. The SMILES string of the molecule is COc1ccc(CN(C(=O)c2cn(-c3ccccc3C(F)(F)F)nn2)C(C)C2CC2)cc1. The molecule has 1 unspecified atom stereocenters. The lowest BCUT2D eigenvalue weighted by Crippen LogP contribution is -2.39. The average molecular weight is 444 g/mol. The van der Waals surface area contributed by atoms with E-state index < -0.39 is 11.7 Å². The maximum absolute atomic E-state index is 13.4. The maximum Gasteiger partial charge on any atom is 0.418 e. The largest absolute Gasteiger partial charge is 0.497 e. The van der Waals surface area contributed by atoms with Crippen LogP contribution in [0.2, 0.25) is 0 Å². The first-order chi connectivity index (χ1) is 15.3. The summed E-state index contributed by atoms with van der Waals surface area (Å²) >= 11 is 0. The van der Waals surface area contributed by atoms with Crippen LogP contribution in [0.4, 0.5) is 13.2 Å². The Morgan fingerprint density at radius 3 is 2.50 bits per heavy atom. The van der Waals surface area contributed by atoms with Crippen LogP contribution in [-0.2, 0) is 12.7 Å². The molecule has 1 heterocycles. The summed E-state index contributed by atoms with van der Waals surface area (Å²) in [5, 5.41) is 7.72. The predicted octanol–water partition coefficient (Wildman–Crippen LogP) is 4.74. The van der Waals surface area contributed by atoms with Gasteiger partial charge in [0.15, 0.2) is 5.69 Å². The molecular formula is C23H23F3N4O2. The standard InChI is InChI=1S/C23H23F3N4O2/c1-15(17-9-10-17)29(13-16-7-11-18(32-2)12-8-16)22(31)20-14-30(28-27-20)21-6-4-3-5-19(21)23(24,25)26/h3-8,11-12,14-15,17H,9-10,13H2,1-2H3. The van der Waals surface area contributed by atoms with Crippen LogP contribution in [0.1, 0.15) is 41.4 Å². The molecule has 1 fully saturated rings. The fourth-order valence-electron chi connectivity index (χ4n) is 3.70. The number of carbonyl (C=O) groups is 1. The van der Waals surface area contributed by atoms with Gasteiger partial charge in [-0.25, -0.2) is 4.68 Å². The number of alkyl halides is 3. The van der Waals surface area contributed by atoms with Crippen LogP contribution in [-0.4, -0.2) is 39.0 Å². The highest BCUT2D eigenvalue weighted by atomic mass is 19.4. The normalized spacial score (nSPS) is 14.8. The molecule has 0 bridgehead atoms. The molecule has 32 heavy (non-hydrogen) atoms. The molecule has 1 aromatic heterocycles. The molecule has 0 aliphatic heterocycles. The number of para-hydroxylation sites is 1. The number of aromatic nitrogens is 3. The Kier molecular flexibility index (Phi) is 5.90. The van der Waals surface area contributed by atoms with Crippen molar-refractivity contribution >= 4 is 5.91 Å². The van der Waals surface area contributed by atoms with Crippen LogP contribution >= 0.6 is 0 Å². The number of rotatable bonds is 7. The van der Waals surface area contributed by atoms with E-state index in [0.717, 1.165) is 29.2 Å². The number of hydrogen-bond acceptors (Lipinski definition) is 4. The zero-order valence-electron chi connectivity index (χ0n) is 17.7. The van der Waals surface area contributed by atoms with Crippen molar-refractivity contribution in [3.05, 3.63) is 71.5 Å². The van der Waals surface area contributed by atoms with E-state index in [0.29, 0.717) is 18.2 Å². The molecule has 9 heteroatoms. The summed E-state index contributed by atoms with van der Waals surface area (Å²) in [7, 11) is 1.58. The molecule has 0 spiro atoms. The molecule has 1 aliphatic rings. The molecule has 0 N–H and O–H groups in total. The fourth-order valence-corrected chi connectivity index (χ4v) is 3.70. The highest BCUT2D eigenvalue weighted by molar-refractivity contribution is 5.92. The molecule has 168 valence electrons. The van der Waals surface area contributed by atoms with Crippen LogP contribution < -0.4 is 4.74 Å². The van der Waals surface area contributed by atoms with E-state index in [1.165, 1.54) is 24.4 Å². The smallest absolute Gasteiger partial charge is 0.418 e. The highest BCUT2D eigenvalue weighted by Gasteiger charge is 2.36. The van der Waals surface area contributed by atoms with E-state index in [4.69, 9.17) is 4.74 Å². The molecule has 1 amide bonds. The Balaban J connectivity index is 1.61. The van der Waals surface area contributed by atoms with Crippen molar-refractivity contribution in [3.63, 3.8) is 0 Å². The van der Waals surface area contributed by atoms with Gasteiger partial charge in [-0.3, -0.25) is 4.79 Å². The second-order valence-corrected chi connectivity index (χ2v) is 7.92. The maximum atomic E-state index is 13.4. The van der Waals surface area contributed by atoms with Crippen LogP contribution in [0.25, 0.3) is 5.69 Å². The summed E-state index contributed by atoms with van der Waals surface area (Å²) < 4.78 is 46.3. The first-order valence-corrected chi connectivity index (χ1v) is 10.3. The summed E-state index contributed by atoms with van der Waals surface area (Å²) in [4.78, 5) is 15.0. The van der Waals surface area contributed by atoms with Crippen molar-refractivity contribution in [2.75, 3.05) is 7.11 Å². The number of methoxy groups -OCH3 is 1. The van der Waals surface area contributed by atoms with Gasteiger partial charge in [0.05, 0.1) is 24.6 Å². The van der Waals surface area contributed by atoms with E-state index in [1.54, 1.807) is 12.0 Å². The van der Waals surface area contributed by atoms with Crippen LogP contribution in [0.3, 0.4) is 0 Å². The molecule has 0 saturated heterocycles. The minimum Gasteiger partial charge on any atom is -0.497 e. The Morgan fingerprint density at radius 1 is 1.19 bits per heavy atom. The van der Waals surface area contributed by atoms with Gasteiger partial charge in [0.25, 0.3) is 5.91 Å². The number of benzene rings is 2.